The van der Waals surface area contributed by atoms with Crippen LogP contribution in [-0.4, -0.2) is 40.0 Å². The second-order valence-electron chi connectivity index (χ2n) is 7.06. The second-order valence-corrected chi connectivity index (χ2v) is 8.06. The van der Waals surface area contributed by atoms with Gasteiger partial charge in [0.05, 0.1) is 16.3 Å². The Morgan fingerprint density at radius 2 is 2.18 bits per heavy atom. The van der Waals surface area contributed by atoms with E-state index in [-0.39, 0.29) is 18.0 Å². The molecule has 3 aromatic rings. The van der Waals surface area contributed by atoms with Gasteiger partial charge < -0.3 is 9.88 Å². The fraction of sp³-hybridized carbons (Fsp3) is 0.381. The lowest BCUT2D eigenvalue weighted by molar-refractivity contribution is -0.125. The number of aromatic nitrogens is 2. The van der Waals surface area contributed by atoms with Crippen LogP contribution in [0.5, 0.6) is 0 Å². The molecule has 0 saturated carbocycles. The second kappa shape index (κ2) is 7.48. The molecule has 1 saturated heterocycles. The smallest absolute Gasteiger partial charge is 0.307 e. The Balaban J connectivity index is 1.65. The van der Waals surface area contributed by atoms with Gasteiger partial charge in [-0.25, -0.2) is 0 Å². The van der Waals surface area contributed by atoms with Gasteiger partial charge in [-0.2, -0.15) is 0 Å². The third-order valence-electron chi connectivity index (χ3n) is 5.41. The van der Waals surface area contributed by atoms with Crippen LogP contribution >= 0.6 is 11.3 Å². The van der Waals surface area contributed by atoms with Crippen LogP contribution in [0, 0.1) is 0 Å². The predicted octanol–water partition coefficient (Wildman–Crippen LogP) is 2.93. The highest BCUT2D eigenvalue weighted by Crippen LogP contribution is 2.36. The standard InChI is InChI=1S/C21H24N4O2S/c1-4-23-20(26)18-8-7-16(24(18)2)15-9-14(11-22-12-15)13-5-6-17-19(10-13)28-21(27)25(17)3/h5-6,9-12,16,18H,4,7-8H2,1-3H3,(H,23,26)/i3D3. The normalized spacial score (nSPS) is 22.0. The van der Waals surface area contributed by atoms with Gasteiger partial charge in [0, 0.05) is 41.6 Å². The van der Waals surface area contributed by atoms with Crippen LogP contribution in [0.2, 0.25) is 0 Å². The lowest BCUT2D eigenvalue weighted by Gasteiger charge is -2.25. The van der Waals surface area contributed by atoms with Gasteiger partial charge >= 0.3 is 4.87 Å². The number of nitrogens with zero attached hydrogens (tertiary/aromatic N) is 3. The molecule has 6 nitrogen and oxygen atoms in total. The minimum absolute atomic E-state index is 0.0516. The van der Waals surface area contributed by atoms with Crippen molar-refractivity contribution < 1.29 is 8.91 Å². The maximum Gasteiger partial charge on any atom is 0.307 e. The topological polar surface area (TPSA) is 67.2 Å². The number of hydrogen-bond acceptors (Lipinski definition) is 5. The van der Waals surface area contributed by atoms with Crippen molar-refractivity contribution in [2.75, 3.05) is 13.6 Å². The zero-order valence-electron chi connectivity index (χ0n) is 18.8. The van der Waals surface area contributed by atoms with E-state index < -0.39 is 11.8 Å². The number of fused-ring (bicyclic) bond motifs is 1. The number of likely N-dealkylation sites (tertiary alicyclic amines) is 1. The molecule has 0 radical (unpaired) electrons. The Morgan fingerprint density at radius 3 is 2.96 bits per heavy atom. The van der Waals surface area contributed by atoms with E-state index in [0.29, 0.717) is 16.8 Å². The molecule has 0 aliphatic carbocycles. The Kier molecular flexibility index (Phi) is 4.12. The molecule has 1 amide bonds. The number of amides is 1. The van der Waals surface area contributed by atoms with E-state index in [1.165, 1.54) is 0 Å². The molecule has 28 heavy (non-hydrogen) atoms. The minimum Gasteiger partial charge on any atom is -0.355 e. The Bertz CT molecular complexity index is 1190. The highest BCUT2D eigenvalue weighted by Gasteiger charge is 2.35. The number of hydrogen-bond donors (Lipinski definition) is 1. The largest absolute Gasteiger partial charge is 0.355 e. The van der Waals surface area contributed by atoms with Crippen LogP contribution in [-0.2, 0) is 11.8 Å². The minimum atomic E-state index is -2.51. The fourth-order valence-corrected chi connectivity index (χ4v) is 4.77. The van der Waals surface area contributed by atoms with Crippen molar-refractivity contribution in [2.24, 2.45) is 6.98 Å². The monoisotopic (exact) mass is 399 g/mol. The van der Waals surface area contributed by atoms with Crippen molar-refractivity contribution in [3.05, 3.63) is 51.9 Å². The Morgan fingerprint density at radius 1 is 1.32 bits per heavy atom. The first-order valence-electron chi connectivity index (χ1n) is 10.8. The summed E-state index contributed by atoms with van der Waals surface area (Å²) < 4.78 is 24.3. The van der Waals surface area contributed by atoms with Gasteiger partial charge in [-0.05, 0) is 56.1 Å². The van der Waals surface area contributed by atoms with Crippen LogP contribution in [0.15, 0.2) is 41.5 Å². The summed E-state index contributed by atoms with van der Waals surface area (Å²) in [7, 11) is 1.96. The van der Waals surface area contributed by atoms with Crippen molar-refractivity contribution in [3.8, 4) is 11.1 Å². The Hall–Kier alpha value is -2.51. The van der Waals surface area contributed by atoms with Gasteiger partial charge in [0.25, 0.3) is 0 Å². The molecule has 3 heterocycles. The SMILES string of the molecule is [2H]C([2H])([2H])n1c(=O)sc2cc(-c3cncc(C4CCC(C(=O)NCC)N4C)c3)ccc21. The van der Waals surface area contributed by atoms with E-state index in [1.807, 2.05) is 32.3 Å². The van der Waals surface area contributed by atoms with Gasteiger partial charge in [0.2, 0.25) is 5.91 Å². The summed E-state index contributed by atoms with van der Waals surface area (Å²) >= 11 is 0.927. The van der Waals surface area contributed by atoms with Crippen molar-refractivity contribution in [2.45, 2.75) is 31.8 Å². The van der Waals surface area contributed by atoms with E-state index >= 15 is 0 Å². The molecule has 2 unspecified atom stereocenters. The molecule has 2 atom stereocenters. The number of pyridine rings is 1. The lowest BCUT2D eigenvalue weighted by atomic mass is 10.0. The van der Waals surface area contributed by atoms with E-state index in [1.54, 1.807) is 12.3 Å². The molecule has 0 bridgehead atoms. The molecule has 1 aliphatic heterocycles. The highest BCUT2D eigenvalue weighted by molar-refractivity contribution is 7.16. The third-order valence-corrected chi connectivity index (χ3v) is 6.31. The molecule has 2 aromatic heterocycles. The summed E-state index contributed by atoms with van der Waals surface area (Å²) in [4.78, 5) is 30.5. The number of rotatable bonds is 4. The van der Waals surface area contributed by atoms with Crippen molar-refractivity contribution in [3.63, 3.8) is 0 Å². The van der Waals surface area contributed by atoms with Crippen LogP contribution in [0.25, 0.3) is 21.3 Å². The average Bonchev–Trinajstić information content (AvgIpc) is 3.26. The summed E-state index contributed by atoms with van der Waals surface area (Å²) in [5, 5.41) is 2.90. The quantitative estimate of drug-likeness (QED) is 0.733. The highest BCUT2D eigenvalue weighted by atomic mass is 32.1. The fourth-order valence-electron chi connectivity index (χ4n) is 3.95. The van der Waals surface area contributed by atoms with E-state index in [0.717, 1.165) is 45.4 Å². The van der Waals surface area contributed by atoms with Crippen LogP contribution in [0.4, 0.5) is 0 Å². The van der Waals surface area contributed by atoms with Gasteiger partial charge in [-0.3, -0.25) is 19.5 Å². The Labute approximate surface area is 172 Å². The molecule has 1 fully saturated rings. The molecule has 1 aliphatic rings. The van der Waals surface area contributed by atoms with Crippen LogP contribution in [0.1, 0.15) is 35.5 Å². The number of aryl methyl sites for hydroxylation is 1. The summed E-state index contributed by atoms with van der Waals surface area (Å²) in [5.74, 6) is 0.0516. The van der Waals surface area contributed by atoms with E-state index in [4.69, 9.17) is 4.11 Å². The van der Waals surface area contributed by atoms with Gasteiger partial charge in [-0.15, -0.1) is 0 Å². The van der Waals surface area contributed by atoms with Gasteiger partial charge in [-0.1, -0.05) is 17.4 Å². The molecular weight excluding hydrogens is 372 g/mol. The van der Waals surface area contributed by atoms with E-state index in [2.05, 4.69) is 21.3 Å². The maximum atomic E-state index is 12.3. The molecule has 7 heteroatoms. The molecule has 1 N–H and O–H groups in total. The molecular formula is C21H24N4O2S. The first-order chi connectivity index (χ1) is 14.7. The number of carbonyl (C=O) groups excluding carboxylic acids is 1. The first kappa shape index (κ1) is 15.4. The zero-order chi connectivity index (χ0) is 22.3. The predicted molar refractivity (Wildman–Crippen MR) is 113 cm³/mol. The van der Waals surface area contributed by atoms with Crippen molar-refractivity contribution >= 4 is 27.5 Å². The average molecular weight is 400 g/mol. The third kappa shape index (κ3) is 3.25. The molecule has 1 aromatic carbocycles. The summed E-state index contributed by atoms with van der Waals surface area (Å²) in [6, 6.07) is 7.32. The number of benzene rings is 1. The zero-order valence-corrected chi connectivity index (χ0v) is 16.6. The first-order valence-corrected chi connectivity index (χ1v) is 10.1. The molecule has 146 valence electrons. The van der Waals surface area contributed by atoms with Crippen molar-refractivity contribution in [1.82, 2.24) is 19.8 Å². The number of nitrogens with one attached hydrogen (secondary N) is 1. The molecule has 4 rings (SSSR count). The summed E-state index contributed by atoms with van der Waals surface area (Å²) in [5.41, 5.74) is 3.18. The molecule has 0 spiro atoms. The van der Waals surface area contributed by atoms with E-state index in [9.17, 15) is 9.59 Å². The summed E-state index contributed by atoms with van der Waals surface area (Å²) in [6.45, 7) is 0.0203. The lowest BCUT2D eigenvalue weighted by Crippen LogP contribution is -2.41. The maximum absolute atomic E-state index is 12.3. The number of likely N-dealkylation sites (N-methyl/N-ethyl adjacent to an activating group) is 2. The van der Waals surface area contributed by atoms with Gasteiger partial charge in [0.1, 0.15) is 0 Å². The van der Waals surface area contributed by atoms with Gasteiger partial charge in [0.15, 0.2) is 0 Å². The summed E-state index contributed by atoms with van der Waals surface area (Å²) in [6.07, 6.45) is 5.24. The number of thiazole rings is 1. The van der Waals surface area contributed by atoms with Crippen LogP contribution < -0.4 is 10.2 Å². The van der Waals surface area contributed by atoms with Crippen molar-refractivity contribution in [1.29, 1.82) is 0 Å². The number of carbonyl (C=O) groups is 1. The van der Waals surface area contributed by atoms with Crippen LogP contribution in [0.3, 0.4) is 0 Å².